The lowest BCUT2D eigenvalue weighted by Crippen LogP contribution is -2.54. The zero-order chi connectivity index (χ0) is 31.9. The Kier molecular flexibility index (Phi) is 11.5. The van der Waals surface area contributed by atoms with Gasteiger partial charge in [-0.1, -0.05) is 72.6 Å². The molecule has 3 aromatic carbocycles. The van der Waals surface area contributed by atoms with E-state index in [-0.39, 0.29) is 29.7 Å². The van der Waals surface area contributed by atoms with Gasteiger partial charge in [-0.05, 0) is 54.8 Å². The fourth-order valence-electron chi connectivity index (χ4n) is 4.28. The average molecular weight is 659 g/mol. The topological polar surface area (TPSA) is 86.8 Å². The largest absolute Gasteiger partial charge is 0.416 e. The molecule has 2 amide bonds. The van der Waals surface area contributed by atoms with Crippen molar-refractivity contribution in [1.82, 2.24) is 10.2 Å². The summed E-state index contributed by atoms with van der Waals surface area (Å²) in [6.07, 6.45) is -3.27. The van der Waals surface area contributed by atoms with Crippen LogP contribution in [0.25, 0.3) is 0 Å². The van der Waals surface area contributed by atoms with Gasteiger partial charge in [-0.15, -0.1) is 0 Å². The molecule has 3 aromatic rings. The van der Waals surface area contributed by atoms with Gasteiger partial charge in [0.1, 0.15) is 12.6 Å². The molecule has 0 spiro atoms. The van der Waals surface area contributed by atoms with Gasteiger partial charge >= 0.3 is 6.18 Å². The van der Waals surface area contributed by atoms with Crippen LogP contribution in [0.3, 0.4) is 0 Å². The Morgan fingerprint density at radius 3 is 2.23 bits per heavy atom. The first kappa shape index (κ1) is 34.2. The van der Waals surface area contributed by atoms with Crippen LogP contribution in [0.2, 0.25) is 10.0 Å². The Hall–Kier alpha value is -3.28. The summed E-state index contributed by atoms with van der Waals surface area (Å²) in [5.41, 5.74) is -0.270. The number of carbonyl (C=O) groups is 2. The molecule has 3 rings (SSSR count). The van der Waals surface area contributed by atoms with Gasteiger partial charge in [0.2, 0.25) is 21.8 Å². The molecule has 2 atom stereocenters. The molecule has 0 heterocycles. The number of sulfonamides is 1. The van der Waals surface area contributed by atoms with Crippen LogP contribution in [-0.4, -0.2) is 50.0 Å². The number of nitrogens with zero attached hydrogens (tertiary/aromatic N) is 2. The first-order chi connectivity index (χ1) is 20.1. The maximum Gasteiger partial charge on any atom is 0.416 e. The third-order valence-corrected chi connectivity index (χ3v) is 8.50. The lowest BCUT2D eigenvalue weighted by Gasteiger charge is -2.34. The van der Waals surface area contributed by atoms with Crippen molar-refractivity contribution in [3.05, 3.63) is 99.5 Å². The van der Waals surface area contributed by atoms with E-state index in [2.05, 4.69) is 5.32 Å². The van der Waals surface area contributed by atoms with Gasteiger partial charge in [0.15, 0.2) is 0 Å². The molecule has 0 bridgehead atoms. The average Bonchev–Trinajstić information content (AvgIpc) is 2.93. The summed E-state index contributed by atoms with van der Waals surface area (Å²) in [6, 6.07) is 15.9. The molecule has 0 saturated heterocycles. The van der Waals surface area contributed by atoms with Gasteiger partial charge in [-0.3, -0.25) is 13.9 Å². The van der Waals surface area contributed by atoms with Crippen molar-refractivity contribution in [2.24, 2.45) is 0 Å². The highest BCUT2D eigenvalue weighted by Gasteiger charge is 2.35. The third kappa shape index (κ3) is 9.61. The van der Waals surface area contributed by atoms with E-state index in [1.807, 2.05) is 6.92 Å². The summed E-state index contributed by atoms with van der Waals surface area (Å²) in [6.45, 7) is 2.61. The Morgan fingerprint density at radius 1 is 0.977 bits per heavy atom. The van der Waals surface area contributed by atoms with Crippen LogP contribution in [0.1, 0.15) is 37.0 Å². The lowest BCUT2D eigenvalue weighted by atomic mass is 10.0. The van der Waals surface area contributed by atoms with Crippen molar-refractivity contribution in [3.8, 4) is 0 Å². The van der Waals surface area contributed by atoms with Gasteiger partial charge < -0.3 is 10.2 Å². The summed E-state index contributed by atoms with van der Waals surface area (Å²) in [5.74, 6) is -1.31. The molecule has 1 N–H and O–H groups in total. The SMILES string of the molecule is CC[C@H](C)NC(=O)[C@H](Cc1ccccc1)N(Cc1ccc(Cl)cc1Cl)C(=O)CN(c1cccc(C(F)(F)F)c1)S(C)(=O)=O. The number of halogens is 5. The highest BCUT2D eigenvalue weighted by molar-refractivity contribution is 7.92. The molecule has 0 aliphatic carbocycles. The zero-order valence-electron chi connectivity index (χ0n) is 23.7. The molecule has 13 heteroatoms. The number of rotatable bonds is 12. The zero-order valence-corrected chi connectivity index (χ0v) is 26.1. The molecule has 0 radical (unpaired) electrons. The summed E-state index contributed by atoms with van der Waals surface area (Å²) < 4.78 is 66.6. The second kappa shape index (κ2) is 14.5. The van der Waals surface area contributed by atoms with Gasteiger partial charge in [-0.2, -0.15) is 13.2 Å². The lowest BCUT2D eigenvalue weighted by molar-refractivity contribution is -0.140. The van der Waals surface area contributed by atoms with Crippen molar-refractivity contribution in [3.63, 3.8) is 0 Å². The molecule has 0 aliphatic rings. The minimum Gasteiger partial charge on any atom is -0.352 e. The number of amides is 2. The Balaban J connectivity index is 2.11. The molecular formula is C30H32Cl2F3N3O4S. The van der Waals surface area contributed by atoms with E-state index in [4.69, 9.17) is 23.2 Å². The van der Waals surface area contributed by atoms with Crippen molar-refractivity contribution >= 4 is 50.7 Å². The number of hydrogen-bond donors (Lipinski definition) is 1. The van der Waals surface area contributed by atoms with Gasteiger partial charge in [0.25, 0.3) is 0 Å². The van der Waals surface area contributed by atoms with Gasteiger partial charge in [0, 0.05) is 29.1 Å². The molecular weight excluding hydrogens is 626 g/mol. The maximum atomic E-state index is 14.1. The minimum absolute atomic E-state index is 0.0719. The van der Waals surface area contributed by atoms with Crippen molar-refractivity contribution < 1.29 is 31.2 Å². The van der Waals surface area contributed by atoms with E-state index in [0.29, 0.717) is 27.4 Å². The molecule has 43 heavy (non-hydrogen) atoms. The van der Waals surface area contributed by atoms with Crippen LogP contribution in [0, 0.1) is 0 Å². The molecule has 232 valence electrons. The van der Waals surface area contributed by atoms with Crippen molar-refractivity contribution in [2.75, 3.05) is 17.1 Å². The standard InChI is InChI=1S/C30H32Cl2F3N3O4S/c1-4-20(2)36-29(40)27(15-21-9-6-5-7-10-21)37(18-22-13-14-24(31)17-26(22)32)28(39)19-38(43(3,41)42)25-12-8-11-23(16-25)30(33,34)35/h5-14,16-17,20,27H,4,15,18-19H2,1-3H3,(H,36,40)/t20-,27-/m0/s1. The number of alkyl halides is 3. The Morgan fingerprint density at radius 2 is 1.65 bits per heavy atom. The van der Waals surface area contributed by atoms with Crippen LogP contribution in [0.5, 0.6) is 0 Å². The number of benzene rings is 3. The smallest absolute Gasteiger partial charge is 0.352 e. The quantitative estimate of drug-likeness (QED) is 0.247. The first-order valence-corrected chi connectivity index (χ1v) is 15.9. The third-order valence-electron chi connectivity index (χ3n) is 6.77. The minimum atomic E-state index is -4.74. The maximum absolute atomic E-state index is 14.1. The van der Waals surface area contributed by atoms with E-state index >= 15 is 0 Å². The number of hydrogen-bond acceptors (Lipinski definition) is 4. The van der Waals surface area contributed by atoms with Crippen LogP contribution >= 0.6 is 23.2 Å². The Labute approximate surface area is 259 Å². The number of nitrogens with one attached hydrogen (secondary N) is 1. The molecule has 0 saturated carbocycles. The molecule has 0 fully saturated rings. The van der Waals surface area contributed by atoms with Gasteiger partial charge in [0.05, 0.1) is 17.5 Å². The van der Waals surface area contributed by atoms with E-state index in [1.165, 1.54) is 17.0 Å². The Bertz CT molecular complexity index is 1540. The monoisotopic (exact) mass is 657 g/mol. The van der Waals surface area contributed by atoms with E-state index in [1.54, 1.807) is 49.4 Å². The van der Waals surface area contributed by atoms with E-state index in [0.717, 1.165) is 24.0 Å². The highest BCUT2D eigenvalue weighted by Crippen LogP contribution is 2.32. The van der Waals surface area contributed by atoms with E-state index in [9.17, 15) is 31.2 Å². The summed E-state index contributed by atoms with van der Waals surface area (Å²) in [5, 5.41) is 3.44. The predicted octanol–water partition coefficient (Wildman–Crippen LogP) is 6.33. The fraction of sp³-hybridized carbons (Fsp3) is 0.333. The summed E-state index contributed by atoms with van der Waals surface area (Å²) >= 11 is 12.5. The molecule has 0 aromatic heterocycles. The van der Waals surface area contributed by atoms with Crippen molar-refractivity contribution in [1.29, 1.82) is 0 Å². The summed E-state index contributed by atoms with van der Waals surface area (Å²) in [7, 11) is -4.25. The number of carbonyl (C=O) groups excluding carboxylic acids is 2. The van der Waals surface area contributed by atoms with Crippen molar-refractivity contribution in [2.45, 2.75) is 51.5 Å². The molecule has 0 aliphatic heterocycles. The molecule has 0 unspecified atom stereocenters. The predicted molar refractivity (Wildman–Crippen MR) is 162 cm³/mol. The first-order valence-electron chi connectivity index (χ1n) is 13.3. The second-order valence-corrected chi connectivity index (χ2v) is 12.8. The van der Waals surface area contributed by atoms with E-state index < -0.39 is 46.2 Å². The van der Waals surface area contributed by atoms with Crippen LogP contribution in [0.15, 0.2) is 72.8 Å². The van der Waals surface area contributed by atoms with Crippen LogP contribution in [-0.2, 0) is 38.8 Å². The fourth-order valence-corrected chi connectivity index (χ4v) is 5.59. The highest BCUT2D eigenvalue weighted by atomic mass is 35.5. The van der Waals surface area contributed by atoms with Crippen LogP contribution in [0.4, 0.5) is 18.9 Å². The van der Waals surface area contributed by atoms with Crippen LogP contribution < -0.4 is 9.62 Å². The number of anilines is 1. The van der Waals surface area contributed by atoms with Gasteiger partial charge in [-0.25, -0.2) is 8.42 Å². The normalized spacial score (nSPS) is 13.2. The second-order valence-electron chi connectivity index (χ2n) is 10.1. The summed E-state index contributed by atoms with van der Waals surface area (Å²) in [4.78, 5) is 29.0. The molecule has 7 nitrogen and oxygen atoms in total.